The van der Waals surface area contributed by atoms with Crippen LogP contribution in [0, 0.1) is 5.82 Å². The Morgan fingerprint density at radius 1 is 1.07 bits per heavy atom. The minimum atomic E-state index is -0.415. The lowest BCUT2D eigenvalue weighted by Crippen LogP contribution is -2.29. The normalized spacial score (nSPS) is 14.3. The van der Waals surface area contributed by atoms with Gasteiger partial charge in [0.25, 0.3) is 0 Å². The van der Waals surface area contributed by atoms with Crippen LogP contribution in [0.4, 0.5) is 4.39 Å². The molecule has 5 aromatic heterocycles. The number of thiophene rings is 1. The van der Waals surface area contributed by atoms with Gasteiger partial charge >= 0.3 is 0 Å². The Balaban J connectivity index is 1.27. The van der Waals surface area contributed by atoms with Crippen LogP contribution in [0.5, 0.6) is 0 Å². The fourth-order valence-electron chi connectivity index (χ4n) is 5.44. The van der Waals surface area contributed by atoms with Crippen LogP contribution in [-0.2, 0) is 6.54 Å². The van der Waals surface area contributed by atoms with Crippen LogP contribution in [-0.4, -0.2) is 53.9 Å². The van der Waals surface area contributed by atoms with Crippen molar-refractivity contribution in [1.82, 2.24) is 35.0 Å². The van der Waals surface area contributed by atoms with E-state index in [2.05, 4.69) is 36.1 Å². The smallest absolute Gasteiger partial charge is 0.178 e. The van der Waals surface area contributed by atoms with Crippen molar-refractivity contribution in [2.24, 2.45) is 0 Å². The molecule has 1 fully saturated rings. The molecule has 0 aliphatic carbocycles. The van der Waals surface area contributed by atoms with E-state index in [1.807, 2.05) is 30.5 Å². The Morgan fingerprint density at radius 2 is 1.95 bits per heavy atom. The van der Waals surface area contributed by atoms with Crippen LogP contribution in [0.3, 0.4) is 0 Å². The van der Waals surface area contributed by atoms with Gasteiger partial charge in [-0.1, -0.05) is 6.42 Å². The van der Waals surface area contributed by atoms with E-state index >= 15 is 4.39 Å². The molecule has 0 amide bonds. The van der Waals surface area contributed by atoms with E-state index in [0.29, 0.717) is 27.4 Å². The fourth-order valence-corrected chi connectivity index (χ4v) is 6.37. The number of Topliss-reactive ketones (excluding diaryl/α,β-unsaturated/α-hetero) is 1. The van der Waals surface area contributed by atoms with E-state index in [-0.39, 0.29) is 11.3 Å². The number of ketones is 1. The van der Waals surface area contributed by atoms with E-state index in [1.165, 1.54) is 36.7 Å². The maximum absolute atomic E-state index is 15.3. The molecule has 0 unspecified atom stereocenters. The van der Waals surface area contributed by atoms with Crippen molar-refractivity contribution in [3.63, 3.8) is 0 Å². The molecule has 0 atom stereocenters. The molecule has 10 heteroatoms. The lowest BCUT2D eigenvalue weighted by molar-refractivity contribution is 0.102. The Bertz CT molecular complexity index is 1880. The number of pyridine rings is 2. The predicted molar refractivity (Wildman–Crippen MR) is 155 cm³/mol. The van der Waals surface area contributed by atoms with Crippen molar-refractivity contribution < 1.29 is 9.18 Å². The van der Waals surface area contributed by atoms with Crippen LogP contribution < -0.4 is 0 Å². The highest BCUT2D eigenvalue weighted by molar-refractivity contribution is 7.17. The number of piperidine rings is 1. The summed E-state index contributed by atoms with van der Waals surface area (Å²) in [4.78, 5) is 32.9. The lowest BCUT2D eigenvalue weighted by atomic mass is 10.0. The third-order valence-corrected chi connectivity index (χ3v) is 8.66. The monoisotopic (exact) mass is 551 g/mol. The first-order chi connectivity index (χ1) is 19.5. The average Bonchev–Trinajstić information content (AvgIpc) is 3.72. The summed E-state index contributed by atoms with van der Waals surface area (Å²) in [5.74, 6) is 0.122. The number of rotatable bonds is 6. The van der Waals surface area contributed by atoms with Gasteiger partial charge in [-0.3, -0.25) is 19.8 Å². The maximum Gasteiger partial charge on any atom is 0.178 e. The number of hydrogen-bond acceptors (Lipinski definition) is 7. The molecule has 0 spiro atoms. The highest BCUT2D eigenvalue weighted by atomic mass is 32.1. The number of carbonyl (C=O) groups excluding carboxylic acids is 1. The van der Waals surface area contributed by atoms with Gasteiger partial charge in [0, 0.05) is 46.5 Å². The molecule has 0 radical (unpaired) electrons. The minimum Gasteiger partial charge on any atom is -0.335 e. The maximum atomic E-state index is 15.3. The number of fused-ring (bicyclic) bond motifs is 2. The highest BCUT2D eigenvalue weighted by Gasteiger charge is 2.19. The fraction of sp³-hybridized carbons (Fsp3) is 0.233. The molecule has 8 nitrogen and oxygen atoms in total. The Labute approximate surface area is 233 Å². The molecule has 0 saturated carbocycles. The van der Waals surface area contributed by atoms with Gasteiger partial charge in [-0.25, -0.2) is 14.4 Å². The quantitative estimate of drug-likeness (QED) is 0.226. The number of aromatic nitrogens is 6. The van der Waals surface area contributed by atoms with E-state index in [0.717, 1.165) is 52.3 Å². The summed E-state index contributed by atoms with van der Waals surface area (Å²) in [5, 5.41) is 7.86. The molecule has 40 heavy (non-hydrogen) atoms. The molecular formula is C30H26FN7OS. The van der Waals surface area contributed by atoms with Gasteiger partial charge in [0.2, 0.25) is 0 Å². The van der Waals surface area contributed by atoms with Gasteiger partial charge < -0.3 is 4.98 Å². The molecule has 6 heterocycles. The van der Waals surface area contributed by atoms with Crippen LogP contribution in [0.2, 0.25) is 0 Å². The van der Waals surface area contributed by atoms with Gasteiger partial charge in [0.15, 0.2) is 23.1 Å². The summed E-state index contributed by atoms with van der Waals surface area (Å²) in [6.45, 7) is 4.60. The zero-order chi connectivity index (χ0) is 27.2. The van der Waals surface area contributed by atoms with E-state index in [4.69, 9.17) is 4.98 Å². The van der Waals surface area contributed by atoms with Crippen molar-refractivity contribution >= 4 is 39.2 Å². The zero-order valence-corrected chi connectivity index (χ0v) is 22.7. The second kappa shape index (κ2) is 10.0. The van der Waals surface area contributed by atoms with Crippen LogP contribution in [0.25, 0.3) is 55.2 Å². The second-order valence-electron chi connectivity index (χ2n) is 10.2. The number of carbonyl (C=O) groups is 1. The molecule has 1 aromatic carbocycles. The molecule has 2 N–H and O–H groups in total. The van der Waals surface area contributed by atoms with Crippen LogP contribution in [0.1, 0.15) is 41.4 Å². The summed E-state index contributed by atoms with van der Waals surface area (Å²) < 4.78 is 15.3. The predicted octanol–water partition coefficient (Wildman–Crippen LogP) is 6.62. The summed E-state index contributed by atoms with van der Waals surface area (Å²) >= 11 is 1.43. The van der Waals surface area contributed by atoms with Crippen molar-refractivity contribution in [3.05, 3.63) is 71.2 Å². The van der Waals surface area contributed by atoms with Crippen molar-refractivity contribution in [1.29, 1.82) is 0 Å². The second-order valence-corrected chi connectivity index (χ2v) is 11.3. The Hall–Kier alpha value is -4.28. The Kier molecular flexibility index (Phi) is 6.21. The molecular weight excluding hydrogens is 525 g/mol. The number of halogens is 1. The number of nitrogens with zero attached hydrogens (tertiary/aromatic N) is 5. The number of hydrogen-bond donors (Lipinski definition) is 2. The van der Waals surface area contributed by atoms with E-state index in [1.54, 1.807) is 19.3 Å². The zero-order valence-electron chi connectivity index (χ0n) is 21.9. The van der Waals surface area contributed by atoms with Crippen molar-refractivity contribution in [2.75, 3.05) is 13.1 Å². The van der Waals surface area contributed by atoms with Crippen molar-refractivity contribution in [2.45, 2.75) is 32.7 Å². The topological polar surface area (TPSA) is 103 Å². The Morgan fingerprint density at radius 3 is 2.77 bits per heavy atom. The molecule has 200 valence electrons. The molecule has 1 aliphatic heterocycles. The molecule has 7 rings (SSSR count). The van der Waals surface area contributed by atoms with Crippen LogP contribution in [0.15, 0.2) is 55.0 Å². The van der Waals surface area contributed by atoms with Crippen molar-refractivity contribution in [3.8, 4) is 33.1 Å². The first kappa shape index (κ1) is 24.7. The first-order valence-electron chi connectivity index (χ1n) is 13.3. The standard InChI is InChI=1S/C30H26FN7OS/c1-17(39)24-5-6-25(40-24)21-7-8-33-29-27(21)34-30(35-29)28-22-12-19(13-23(31)26(22)36-37-28)20-11-18(14-32-15-20)16-38-9-3-2-4-10-38/h5-8,11-15H,2-4,9-10,16H2,1H3,(H,36,37)(H,33,34,35). The lowest BCUT2D eigenvalue weighted by Gasteiger charge is -2.26. The largest absolute Gasteiger partial charge is 0.335 e. The SMILES string of the molecule is CC(=O)c1ccc(-c2ccnc3nc(-c4[nH]nc5c(F)cc(-c6cncc(CN7CCCCC7)c6)cc45)[nH]c23)s1. The average molecular weight is 552 g/mol. The molecule has 1 saturated heterocycles. The third kappa shape index (κ3) is 4.48. The van der Waals surface area contributed by atoms with Crippen LogP contribution >= 0.6 is 11.3 Å². The highest BCUT2D eigenvalue weighted by Crippen LogP contribution is 2.36. The number of nitrogens with one attached hydrogen (secondary N) is 2. The molecule has 0 bridgehead atoms. The van der Waals surface area contributed by atoms with E-state index in [9.17, 15) is 4.79 Å². The first-order valence-corrected chi connectivity index (χ1v) is 14.2. The van der Waals surface area contributed by atoms with Gasteiger partial charge in [-0.05, 0) is 80.4 Å². The van der Waals surface area contributed by atoms with Gasteiger partial charge in [0.05, 0.1) is 10.4 Å². The summed E-state index contributed by atoms with van der Waals surface area (Å²) in [6.07, 6.45) is 9.10. The third-order valence-electron chi connectivity index (χ3n) is 7.44. The van der Waals surface area contributed by atoms with E-state index < -0.39 is 5.82 Å². The number of H-pyrrole nitrogens is 2. The molecule has 1 aliphatic rings. The summed E-state index contributed by atoms with van der Waals surface area (Å²) in [5.41, 5.74) is 5.68. The number of likely N-dealkylation sites (tertiary alicyclic amines) is 1. The van der Waals surface area contributed by atoms with Gasteiger partial charge in [-0.2, -0.15) is 5.10 Å². The number of aromatic amines is 2. The molecule has 6 aromatic rings. The van der Waals surface area contributed by atoms with Gasteiger partial charge in [-0.15, -0.1) is 11.3 Å². The minimum absolute atomic E-state index is 0.0286. The summed E-state index contributed by atoms with van der Waals surface area (Å²) in [6, 6.07) is 11.2. The summed E-state index contributed by atoms with van der Waals surface area (Å²) in [7, 11) is 0. The number of benzene rings is 1. The van der Waals surface area contributed by atoms with Gasteiger partial charge in [0.1, 0.15) is 11.2 Å². The number of imidazole rings is 1.